The summed E-state index contributed by atoms with van der Waals surface area (Å²) in [6.07, 6.45) is 1.65. The predicted octanol–water partition coefficient (Wildman–Crippen LogP) is 2.09. The summed E-state index contributed by atoms with van der Waals surface area (Å²) in [5.41, 5.74) is 2.39. The van der Waals surface area contributed by atoms with Gasteiger partial charge in [0.2, 0.25) is 0 Å². The maximum Gasteiger partial charge on any atom is 0.150 e. The monoisotopic (exact) mass is 297 g/mol. The molecule has 0 radical (unpaired) electrons. The maximum absolute atomic E-state index is 11.6. The fourth-order valence-corrected chi connectivity index (χ4v) is 4.84. The Labute approximate surface area is 121 Å². The van der Waals surface area contributed by atoms with Crippen LogP contribution in [0.5, 0.6) is 5.75 Å². The van der Waals surface area contributed by atoms with E-state index in [0.717, 1.165) is 18.6 Å². The number of hydrogen-bond donors (Lipinski definition) is 1. The van der Waals surface area contributed by atoms with E-state index in [0.29, 0.717) is 11.5 Å². The Morgan fingerprint density at radius 2 is 2.20 bits per heavy atom. The molecule has 1 aromatic carbocycles. The molecule has 1 aliphatic rings. The van der Waals surface area contributed by atoms with Crippen LogP contribution in [0.15, 0.2) is 18.2 Å². The molecule has 5 heteroatoms. The summed E-state index contributed by atoms with van der Waals surface area (Å²) in [6.45, 7) is 2.06. The summed E-state index contributed by atoms with van der Waals surface area (Å²) in [7, 11) is 0.788. The molecule has 1 saturated heterocycles. The summed E-state index contributed by atoms with van der Waals surface area (Å²) in [5.74, 6) is 1.79. The first-order valence-electron chi connectivity index (χ1n) is 6.97. The second-order valence-corrected chi connectivity index (χ2v) is 7.80. The lowest BCUT2D eigenvalue weighted by Crippen LogP contribution is -2.21. The van der Waals surface area contributed by atoms with Crippen molar-refractivity contribution in [3.8, 4) is 5.75 Å². The van der Waals surface area contributed by atoms with Crippen LogP contribution in [0, 0.1) is 12.8 Å². The molecule has 0 bridgehead atoms. The fraction of sp³-hybridized carbons (Fsp3) is 0.600. The first-order valence-corrected chi connectivity index (χ1v) is 8.79. The van der Waals surface area contributed by atoms with Gasteiger partial charge in [-0.05, 0) is 56.0 Å². The molecule has 0 spiro atoms. The molecule has 2 rings (SSSR count). The molecule has 0 aromatic heterocycles. The third-order valence-corrected chi connectivity index (χ3v) is 5.93. The highest BCUT2D eigenvalue weighted by Gasteiger charge is 2.30. The summed E-state index contributed by atoms with van der Waals surface area (Å²) < 4.78 is 28.3. The van der Waals surface area contributed by atoms with E-state index in [1.807, 2.05) is 19.2 Å². The van der Waals surface area contributed by atoms with E-state index in [4.69, 9.17) is 4.74 Å². The first-order chi connectivity index (χ1) is 9.45. The minimum absolute atomic E-state index is 0.194. The van der Waals surface area contributed by atoms with Crippen LogP contribution in [-0.2, 0) is 9.84 Å². The Morgan fingerprint density at radius 3 is 2.70 bits per heavy atom. The topological polar surface area (TPSA) is 55.4 Å². The van der Waals surface area contributed by atoms with Crippen LogP contribution < -0.4 is 10.1 Å². The number of nitrogens with one attached hydrogen (secondary N) is 1. The molecular formula is C15H23NO3S. The summed E-state index contributed by atoms with van der Waals surface area (Å²) in [4.78, 5) is 0. The van der Waals surface area contributed by atoms with Gasteiger partial charge in [0.1, 0.15) is 5.75 Å². The lowest BCUT2D eigenvalue weighted by Gasteiger charge is -2.22. The van der Waals surface area contributed by atoms with Crippen molar-refractivity contribution >= 4 is 9.84 Å². The van der Waals surface area contributed by atoms with E-state index in [1.165, 1.54) is 11.1 Å². The van der Waals surface area contributed by atoms with Gasteiger partial charge in [-0.25, -0.2) is 8.42 Å². The first kappa shape index (κ1) is 15.3. The van der Waals surface area contributed by atoms with Crippen molar-refractivity contribution in [3.63, 3.8) is 0 Å². The average molecular weight is 297 g/mol. The minimum Gasteiger partial charge on any atom is -0.497 e. The van der Waals surface area contributed by atoms with Crippen molar-refractivity contribution in [2.24, 2.45) is 5.92 Å². The molecule has 20 heavy (non-hydrogen) atoms. The molecule has 1 N–H and O–H groups in total. The van der Waals surface area contributed by atoms with Crippen molar-refractivity contribution in [2.75, 3.05) is 25.7 Å². The number of benzene rings is 1. The zero-order chi connectivity index (χ0) is 14.8. The lowest BCUT2D eigenvalue weighted by molar-refractivity contribution is 0.412. The van der Waals surface area contributed by atoms with Crippen molar-refractivity contribution in [2.45, 2.75) is 25.8 Å². The van der Waals surface area contributed by atoms with Gasteiger partial charge in [0, 0.05) is 6.04 Å². The van der Waals surface area contributed by atoms with Crippen molar-refractivity contribution in [1.29, 1.82) is 0 Å². The molecule has 0 aliphatic carbocycles. The Morgan fingerprint density at radius 1 is 1.45 bits per heavy atom. The third-order valence-electron chi connectivity index (χ3n) is 4.10. The van der Waals surface area contributed by atoms with Gasteiger partial charge in [0.25, 0.3) is 0 Å². The summed E-state index contributed by atoms with van der Waals surface area (Å²) in [6, 6.07) is 6.24. The number of ether oxygens (including phenoxy) is 1. The van der Waals surface area contributed by atoms with Gasteiger partial charge in [0.15, 0.2) is 9.84 Å². The SMILES string of the molecule is CNC(CC1CCS(=O)(=O)C1)c1ccc(OC)cc1C. The highest BCUT2D eigenvalue weighted by Crippen LogP contribution is 2.31. The van der Waals surface area contributed by atoms with Crippen LogP contribution in [0.3, 0.4) is 0 Å². The van der Waals surface area contributed by atoms with Crippen LogP contribution in [-0.4, -0.2) is 34.1 Å². The molecule has 112 valence electrons. The van der Waals surface area contributed by atoms with E-state index < -0.39 is 9.84 Å². The second-order valence-electron chi connectivity index (χ2n) is 5.57. The van der Waals surface area contributed by atoms with Crippen LogP contribution in [0.4, 0.5) is 0 Å². The van der Waals surface area contributed by atoms with Gasteiger partial charge in [-0.15, -0.1) is 0 Å². The van der Waals surface area contributed by atoms with Gasteiger partial charge in [-0.1, -0.05) is 6.07 Å². The molecule has 2 unspecified atom stereocenters. The van der Waals surface area contributed by atoms with Crippen LogP contribution in [0.25, 0.3) is 0 Å². The lowest BCUT2D eigenvalue weighted by atomic mass is 9.92. The zero-order valence-electron chi connectivity index (χ0n) is 12.3. The summed E-state index contributed by atoms with van der Waals surface area (Å²) in [5, 5.41) is 3.32. The van der Waals surface area contributed by atoms with E-state index in [-0.39, 0.29) is 12.0 Å². The van der Waals surface area contributed by atoms with Gasteiger partial charge in [0.05, 0.1) is 18.6 Å². The molecule has 1 aromatic rings. The van der Waals surface area contributed by atoms with Crippen molar-refractivity contribution in [3.05, 3.63) is 29.3 Å². The minimum atomic E-state index is -2.80. The van der Waals surface area contributed by atoms with E-state index >= 15 is 0 Å². The van der Waals surface area contributed by atoms with E-state index in [1.54, 1.807) is 7.11 Å². The number of hydrogen-bond acceptors (Lipinski definition) is 4. The molecular weight excluding hydrogens is 274 g/mol. The second kappa shape index (κ2) is 6.14. The fourth-order valence-electron chi connectivity index (χ4n) is 2.96. The Balaban J connectivity index is 2.12. The molecule has 2 atom stereocenters. The Hall–Kier alpha value is -1.07. The largest absolute Gasteiger partial charge is 0.497 e. The van der Waals surface area contributed by atoms with E-state index in [9.17, 15) is 8.42 Å². The quantitative estimate of drug-likeness (QED) is 0.904. The molecule has 1 fully saturated rings. The predicted molar refractivity (Wildman–Crippen MR) is 80.9 cm³/mol. The van der Waals surface area contributed by atoms with Crippen LogP contribution in [0.1, 0.15) is 30.0 Å². The zero-order valence-corrected chi connectivity index (χ0v) is 13.2. The van der Waals surface area contributed by atoms with Crippen LogP contribution >= 0.6 is 0 Å². The van der Waals surface area contributed by atoms with Crippen molar-refractivity contribution in [1.82, 2.24) is 5.32 Å². The normalized spacial score (nSPS) is 22.6. The van der Waals surface area contributed by atoms with Gasteiger partial charge >= 0.3 is 0 Å². The molecule has 0 amide bonds. The van der Waals surface area contributed by atoms with Crippen LogP contribution in [0.2, 0.25) is 0 Å². The average Bonchev–Trinajstić information content (AvgIpc) is 2.75. The van der Waals surface area contributed by atoms with Crippen molar-refractivity contribution < 1.29 is 13.2 Å². The Bertz CT molecular complexity index is 568. The Kier molecular flexibility index (Phi) is 4.70. The van der Waals surface area contributed by atoms with Gasteiger partial charge < -0.3 is 10.1 Å². The number of rotatable bonds is 5. The van der Waals surface area contributed by atoms with E-state index in [2.05, 4.69) is 18.3 Å². The third kappa shape index (κ3) is 3.52. The molecule has 1 heterocycles. The number of sulfone groups is 1. The maximum atomic E-state index is 11.6. The molecule has 1 aliphatic heterocycles. The molecule has 0 saturated carbocycles. The molecule has 4 nitrogen and oxygen atoms in total. The smallest absolute Gasteiger partial charge is 0.150 e. The summed E-state index contributed by atoms with van der Waals surface area (Å²) >= 11 is 0. The van der Waals surface area contributed by atoms with Gasteiger partial charge in [-0.3, -0.25) is 0 Å². The highest BCUT2D eigenvalue weighted by atomic mass is 32.2. The standard InChI is InChI=1S/C15H23NO3S/c1-11-8-13(19-3)4-5-14(11)15(16-2)9-12-6-7-20(17,18)10-12/h4-5,8,12,15-16H,6-7,9-10H2,1-3H3. The number of aryl methyl sites for hydroxylation is 1. The number of methoxy groups -OCH3 is 1. The van der Waals surface area contributed by atoms with Gasteiger partial charge in [-0.2, -0.15) is 0 Å². The highest BCUT2D eigenvalue weighted by molar-refractivity contribution is 7.91.